The van der Waals surface area contributed by atoms with Gasteiger partial charge in [0.05, 0.1) is 11.4 Å². The number of hydrogen-bond donors (Lipinski definition) is 2. The van der Waals surface area contributed by atoms with Crippen LogP contribution in [0.25, 0.3) is 0 Å². The number of nitrogens with two attached hydrogens (primary N) is 1. The van der Waals surface area contributed by atoms with Crippen molar-refractivity contribution in [3.05, 3.63) is 23.5 Å². The summed E-state index contributed by atoms with van der Waals surface area (Å²) in [5, 5.41) is 9.24. The van der Waals surface area contributed by atoms with Crippen LogP contribution in [0.5, 0.6) is 0 Å². The Morgan fingerprint density at radius 2 is 2.16 bits per heavy atom. The molecule has 3 N–H and O–H groups in total. The molecule has 1 saturated heterocycles. The molecule has 1 aliphatic heterocycles. The maximum atomic E-state index is 13.4. The van der Waals surface area contributed by atoms with Crippen molar-refractivity contribution in [2.24, 2.45) is 0 Å². The summed E-state index contributed by atoms with van der Waals surface area (Å²) < 4.78 is 13.4. The van der Waals surface area contributed by atoms with E-state index in [-0.39, 0.29) is 11.3 Å². The van der Waals surface area contributed by atoms with Crippen LogP contribution >= 0.6 is 0 Å². The fourth-order valence-electron chi connectivity index (χ4n) is 2.34. The molecule has 104 valence electrons. The van der Waals surface area contributed by atoms with E-state index >= 15 is 0 Å². The average molecular weight is 267 g/mol. The van der Waals surface area contributed by atoms with Gasteiger partial charge in [-0.05, 0) is 26.1 Å². The second-order valence-electron chi connectivity index (χ2n) is 4.94. The van der Waals surface area contributed by atoms with E-state index in [0.29, 0.717) is 24.8 Å². The van der Waals surface area contributed by atoms with Gasteiger partial charge in [0.15, 0.2) is 0 Å². The molecular formula is C13H18FN3O2. The number of nitrogens with zero attached hydrogens (tertiary/aromatic N) is 2. The summed E-state index contributed by atoms with van der Waals surface area (Å²) in [6, 6.07) is 3.02. The van der Waals surface area contributed by atoms with Gasteiger partial charge in [-0.2, -0.15) is 0 Å². The summed E-state index contributed by atoms with van der Waals surface area (Å²) in [6.07, 6.45) is 0. The Morgan fingerprint density at radius 3 is 2.74 bits per heavy atom. The van der Waals surface area contributed by atoms with Gasteiger partial charge in [0, 0.05) is 25.7 Å². The predicted octanol–water partition coefficient (Wildman–Crippen LogP) is 1.25. The Hall–Kier alpha value is -1.82. The minimum atomic E-state index is -1.20. The minimum Gasteiger partial charge on any atom is -0.478 e. The van der Waals surface area contributed by atoms with E-state index in [1.807, 2.05) is 11.9 Å². The van der Waals surface area contributed by atoms with E-state index in [9.17, 15) is 14.3 Å². The smallest absolute Gasteiger partial charge is 0.340 e. The molecule has 5 nitrogen and oxygen atoms in total. The normalized spacial score (nSPS) is 20.6. The number of piperazine rings is 1. The molecule has 0 radical (unpaired) electrons. The molecule has 1 heterocycles. The number of rotatable bonds is 2. The van der Waals surface area contributed by atoms with Crippen molar-refractivity contribution in [3.8, 4) is 0 Å². The van der Waals surface area contributed by atoms with Crippen molar-refractivity contribution in [3.63, 3.8) is 0 Å². The Kier molecular flexibility index (Phi) is 3.61. The summed E-state index contributed by atoms with van der Waals surface area (Å²) >= 11 is 0. The molecule has 19 heavy (non-hydrogen) atoms. The van der Waals surface area contributed by atoms with Crippen molar-refractivity contribution in [2.45, 2.75) is 13.0 Å². The molecule has 1 aliphatic rings. The van der Waals surface area contributed by atoms with Gasteiger partial charge in [-0.25, -0.2) is 9.18 Å². The molecule has 2 rings (SSSR count). The number of carbonyl (C=O) groups is 1. The van der Waals surface area contributed by atoms with Crippen LogP contribution in [0.2, 0.25) is 0 Å². The van der Waals surface area contributed by atoms with E-state index in [1.165, 1.54) is 12.1 Å². The molecule has 1 aromatic carbocycles. The maximum absolute atomic E-state index is 13.4. The SMILES string of the molecule is CC1CN(c2ccc(F)c(N)c2C(=O)O)CCN1C. The molecule has 0 spiro atoms. The first-order valence-corrected chi connectivity index (χ1v) is 6.18. The molecule has 1 aromatic rings. The lowest BCUT2D eigenvalue weighted by molar-refractivity contribution is 0.0698. The lowest BCUT2D eigenvalue weighted by Gasteiger charge is -2.39. The third-order valence-corrected chi connectivity index (χ3v) is 3.68. The van der Waals surface area contributed by atoms with Gasteiger partial charge in [-0.1, -0.05) is 0 Å². The topological polar surface area (TPSA) is 69.8 Å². The number of likely N-dealkylation sites (N-methyl/N-ethyl adjacent to an activating group) is 1. The van der Waals surface area contributed by atoms with E-state index < -0.39 is 11.8 Å². The number of anilines is 2. The number of halogens is 1. The molecule has 0 aliphatic carbocycles. The van der Waals surface area contributed by atoms with Crippen LogP contribution in [0.15, 0.2) is 12.1 Å². The van der Waals surface area contributed by atoms with Crippen molar-refractivity contribution in [1.82, 2.24) is 4.90 Å². The number of carboxylic acid groups (broad SMARTS) is 1. The van der Waals surface area contributed by atoms with Crippen LogP contribution in [0, 0.1) is 5.82 Å². The van der Waals surface area contributed by atoms with E-state index in [2.05, 4.69) is 11.8 Å². The van der Waals surface area contributed by atoms with Crippen LogP contribution in [-0.2, 0) is 0 Å². The number of aromatic carboxylic acids is 1. The molecular weight excluding hydrogens is 249 g/mol. The summed E-state index contributed by atoms with van der Waals surface area (Å²) in [5.41, 5.74) is 5.62. The number of nitrogen functional groups attached to an aromatic ring is 1. The van der Waals surface area contributed by atoms with Crippen LogP contribution in [0.3, 0.4) is 0 Å². The third-order valence-electron chi connectivity index (χ3n) is 3.68. The summed E-state index contributed by atoms with van der Waals surface area (Å²) in [5.74, 6) is -1.89. The van der Waals surface area contributed by atoms with Gasteiger partial charge in [0.1, 0.15) is 11.4 Å². The Labute approximate surface area is 111 Å². The molecule has 0 saturated carbocycles. The molecule has 0 amide bonds. The second kappa shape index (κ2) is 5.05. The van der Waals surface area contributed by atoms with E-state index in [4.69, 9.17) is 5.73 Å². The van der Waals surface area contributed by atoms with Gasteiger partial charge >= 0.3 is 5.97 Å². The van der Waals surface area contributed by atoms with Gasteiger partial charge < -0.3 is 20.6 Å². The lowest BCUT2D eigenvalue weighted by Crippen LogP contribution is -2.50. The van der Waals surface area contributed by atoms with Gasteiger partial charge in [-0.3, -0.25) is 0 Å². The van der Waals surface area contributed by atoms with Gasteiger partial charge in [-0.15, -0.1) is 0 Å². The lowest BCUT2D eigenvalue weighted by atomic mass is 10.1. The van der Waals surface area contributed by atoms with Crippen molar-refractivity contribution in [1.29, 1.82) is 0 Å². The molecule has 1 fully saturated rings. The second-order valence-corrected chi connectivity index (χ2v) is 4.94. The zero-order valence-corrected chi connectivity index (χ0v) is 11.1. The first kappa shape index (κ1) is 13.6. The quantitative estimate of drug-likeness (QED) is 0.789. The number of benzene rings is 1. The Bertz CT molecular complexity index is 507. The summed E-state index contributed by atoms with van der Waals surface area (Å²) in [4.78, 5) is 15.4. The zero-order chi connectivity index (χ0) is 14.2. The Morgan fingerprint density at radius 1 is 1.47 bits per heavy atom. The first-order chi connectivity index (χ1) is 8.91. The maximum Gasteiger partial charge on any atom is 0.340 e. The molecule has 0 aromatic heterocycles. The summed E-state index contributed by atoms with van der Waals surface area (Å²) in [6.45, 7) is 4.30. The Balaban J connectivity index is 2.40. The highest BCUT2D eigenvalue weighted by atomic mass is 19.1. The number of hydrogen-bond acceptors (Lipinski definition) is 4. The van der Waals surface area contributed by atoms with E-state index in [0.717, 1.165) is 6.54 Å². The molecule has 0 bridgehead atoms. The third kappa shape index (κ3) is 2.49. The molecule has 6 heteroatoms. The molecule has 1 atom stereocenters. The molecule has 1 unspecified atom stereocenters. The van der Waals surface area contributed by atoms with Crippen molar-refractivity contribution >= 4 is 17.3 Å². The van der Waals surface area contributed by atoms with Crippen molar-refractivity contribution in [2.75, 3.05) is 37.3 Å². The largest absolute Gasteiger partial charge is 0.478 e. The highest BCUT2D eigenvalue weighted by Gasteiger charge is 2.26. The van der Waals surface area contributed by atoms with E-state index in [1.54, 1.807) is 0 Å². The predicted molar refractivity (Wildman–Crippen MR) is 72.1 cm³/mol. The highest BCUT2D eigenvalue weighted by Crippen LogP contribution is 2.29. The standard InChI is InChI=1S/C13H18FN3O2/c1-8-7-17(6-5-16(8)2)10-4-3-9(14)12(15)11(10)13(18)19/h3-4,8H,5-7,15H2,1-2H3,(H,18,19). The van der Waals surface area contributed by atoms with Crippen LogP contribution in [-0.4, -0.2) is 48.7 Å². The van der Waals surface area contributed by atoms with Crippen LogP contribution < -0.4 is 10.6 Å². The monoisotopic (exact) mass is 267 g/mol. The van der Waals surface area contributed by atoms with Crippen molar-refractivity contribution < 1.29 is 14.3 Å². The fourth-order valence-corrected chi connectivity index (χ4v) is 2.34. The van der Waals surface area contributed by atoms with Gasteiger partial charge in [0.25, 0.3) is 0 Å². The zero-order valence-electron chi connectivity index (χ0n) is 11.1. The fraction of sp³-hybridized carbons (Fsp3) is 0.462. The van der Waals surface area contributed by atoms with Gasteiger partial charge in [0.2, 0.25) is 0 Å². The van der Waals surface area contributed by atoms with Crippen LogP contribution in [0.1, 0.15) is 17.3 Å². The summed E-state index contributed by atoms with van der Waals surface area (Å²) in [7, 11) is 2.03. The number of carboxylic acids is 1. The first-order valence-electron chi connectivity index (χ1n) is 6.18. The average Bonchev–Trinajstić information content (AvgIpc) is 2.35. The minimum absolute atomic E-state index is 0.142. The van der Waals surface area contributed by atoms with Crippen LogP contribution in [0.4, 0.5) is 15.8 Å². The highest BCUT2D eigenvalue weighted by molar-refractivity contribution is 6.00.